The Balaban J connectivity index is 2.72. The summed E-state index contributed by atoms with van der Waals surface area (Å²) in [6.07, 6.45) is 0.490. The highest BCUT2D eigenvalue weighted by molar-refractivity contribution is 5.61. The maximum Gasteiger partial charge on any atom is 0.161 e. The fourth-order valence-corrected chi connectivity index (χ4v) is 3.20. The lowest BCUT2D eigenvalue weighted by molar-refractivity contribution is 0.382. The number of nitrogen functional groups attached to an aromatic ring is 1. The van der Waals surface area contributed by atoms with Gasteiger partial charge in [-0.2, -0.15) is 0 Å². The zero-order valence-electron chi connectivity index (χ0n) is 16.5. The second kappa shape index (κ2) is 6.29. The number of rotatable bonds is 2. The van der Waals surface area contributed by atoms with Gasteiger partial charge in [0.2, 0.25) is 0 Å². The van der Waals surface area contributed by atoms with Crippen molar-refractivity contribution in [3.05, 3.63) is 52.1 Å². The van der Waals surface area contributed by atoms with Crippen LogP contribution in [0.3, 0.4) is 0 Å². The summed E-state index contributed by atoms with van der Waals surface area (Å²) < 4.78 is 0. The molecule has 0 fully saturated rings. The Morgan fingerprint density at radius 1 is 0.840 bits per heavy atom. The van der Waals surface area contributed by atoms with Crippen LogP contribution < -0.4 is 5.73 Å². The number of nitrogens with two attached hydrogens (primary N) is 1. The molecule has 3 heteroatoms. The topological polar surface area (TPSA) is 66.5 Å². The zero-order valence-corrected chi connectivity index (χ0v) is 16.5. The van der Waals surface area contributed by atoms with Gasteiger partial charge < -0.3 is 15.9 Å². The first-order valence-corrected chi connectivity index (χ1v) is 8.76. The maximum absolute atomic E-state index is 10.8. The number of anilines is 1. The largest absolute Gasteiger partial charge is 0.504 e. The van der Waals surface area contributed by atoms with Crippen LogP contribution in [0.15, 0.2) is 24.3 Å². The van der Waals surface area contributed by atoms with E-state index in [2.05, 4.69) is 20.8 Å². The lowest BCUT2D eigenvalue weighted by Gasteiger charge is -2.29. The van der Waals surface area contributed by atoms with Crippen molar-refractivity contribution in [2.75, 3.05) is 5.73 Å². The summed E-state index contributed by atoms with van der Waals surface area (Å²) in [5.74, 6) is -0.0556. The molecule has 0 heterocycles. The van der Waals surface area contributed by atoms with Gasteiger partial charge in [0.1, 0.15) is 0 Å². The van der Waals surface area contributed by atoms with Crippen molar-refractivity contribution in [3.8, 4) is 11.5 Å². The van der Waals surface area contributed by atoms with E-state index < -0.39 is 0 Å². The summed E-state index contributed by atoms with van der Waals surface area (Å²) in [4.78, 5) is 0. The minimum Gasteiger partial charge on any atom is -0.504 e. The molecule has 0 unspecified atom stereocenters. The Kier molecular flexibility index (Phi) is 4.82. The molecule has 0 saturated carbocycles. The van der Waals surface area contributed by atoms with E-state index in [1.165, 1.54) is 0 Å². The van der Waals surface area contributed by atoms with E-state index in [9.17, 15) is 10.2 Å². The van der Waals surface area contributed by atoms with Gasteiger partial charge in [0.25, 0.3) is 0 Å². The minimum absolute atomic E-state index is 0.0262. The molecule has 0 atom stereocenters. The van der Waals surface area contributed by atoms with Crippen LogP contribution in [-0.2, 0) is 17.3 Å². The van der Waals surface area contributed by atoms with Gasteiger partial charge in [0.05, 0.1) is 0 Å². The van der Waals surface area contributed by atoms with Crippen LogP contribution in [0, 0.1) is 6.92 Å². The highest BCUT2D eigenvalue weighted by atomic mass is 16.3. The van der Waals surface area contributed by atoms with Crippen LogP contribution in [0.4, 0.5) is 5.69 Å². The number of hydrogen-bond donors (Lipinski definition) is 3. The third-order valence-corrected chi connectivity index (χ3v) is 4.66. The average molecular weight is 341 g/mol. The van der Waals surface area contributed by atoms with Crippen LogP contribution in [-0.4, -0.2) is 10.2 Å². The monoisotopic (exact) mass is 341 g/mol. The van der Waals surface area contributed by atoms with Crippen LogP contribution in [0.2, 0.25) is 0 Å². The van der Waals surface area contributed by atoms with Crippen molar-refractivity contribution in [2.45, 2.75) is 65.7 Å². The van der Waals surface area contributed by atoms with Gasteiger partial charge >= 0.3 is 0 Å². The second-order valence-electron chi connectivity index (χ2n) is 9.03. The Morgan fingerprint density at radius 3 is 1.92 bits per heavy atom. The van der Waals surface area contributed by atoms with Crippen LogP contribution in [0.5, 0.6) is 11.5 Å². The molecule has 0 amide bonds. The number of phenols is 2. The Hall–Kier alpha value is -2.16. The van der Waals surface area contributed by atoms with Gasteiger partial charge in [-0.15, -0.1) is 0 Å². The number of aryl methyl sites for hydroxylation is 1. The van der Waals surface area contributed by atoms with E-state index in [-0.39, 0.29) is 22.3 Å². The van der Waals surface area contributed by atoms with Gasteiger partial charge in [-0.05, 0) is 34.9 Å². The summed E-state index contributed by atoms with van der Waals surface area (Å²) in [5.41, 5.74) is 11.0. The standard InChI is InChI=1S/C22H31NO2/c1-13-8-9-18(23)14(10-13)11-15-16(21(2,3)4)12-17(22(5,6)7)20(25)19(15)24/h8-10,12,24-25H,11,23H2,1-7H3. The van der Waals surface area contributed by atoms with E-state index in [1.54, 1.807) is 0 Å². The fourth-order valence-electron chi connectivity index (χ4n) is 3.20. The van der Waals surface area contributed by atoms with Crippen molar-refractivity contribution in [1.29, 1.82) is 0 Å². The predicted octanol–water partition coefficient (Wildman–Crippen LogP) is 5.17. The molecule has 0 aliphatic rings. The molecule has 25 heavy (non-hydrogen) atoms. The van der Waals surface area contributed by atoms with Crippen molar-refractivity contribution in [2.24, 2.45) is 0 Å². The van der Waals surface area contributed by atoms with E-state index in [0.29, 0.717) is 12.1 Å². The van der Waals surface area contributed by atoms with Gasteiger partial charge in [-0.25, -0.2) is 0 Å². The molecular formula is C22H31NO2. The Labute approximate surface area is 151 Å². The third kappa shape index (κ3) is 3.92. The summed E-state index contributed by atoms with van der Waals surface area (Å²) in [6, 6.07) is 7.94. The molecule has 0 bridgehead atoms. The SMILES string of the molecule is Cc1ccc(N)c(Cc2c(C(C)(C)C)cc(C(C)(C)C)c(O)c2O)c1. The molecule has 0 radical (unpaired) electrons. The molecule has 2 aromatic carbocycles. The first-order valence-electron chi connectivity index (χ1n) is 8.76. The molecule has 136 valence electrons. The van der Waals surface area contributed by atoms with Crippen LogP contribution in [0.25, 0.3) is 0 Å². The Bertz CT molecular complexity index is 793. The van der Waals surface area contributed by atoms with E-state index >= 15 is 0 Å². The first kappa shape index (κ1) is 19.2. The molecule has 2 rings (SSSR count). The summed E-state index contributed by atoms with van der Waals surface area (Å²) >= 11 is 0. The smallest absolute Gasteiger partial charge is 0.161 e. The molecule has 0 saturated heterocycles. The Morgan fingerprint density at radius 2 is 1.40 bits per heavy atom. The molecule has 0 spiro atoms. The predicted molar refractivity (Wildman–Crippen MR) is 106 cm³/mol. The van der Waals surface area contributed by atoms with Crippen molar-refractivity contribution >= 4 is 5.69 Å². The number of hydrogen-bond acceptors (Lipinski definition) is 3. The summed E-state index contributed by atoms with van der Waals surface area (Å²) in [7, 11) is 0. The summed E-state index contributed by atoms with van der Waals surface area (Å²) in [5, 5.41) is 21.4. The van der Waals surface area contributed by atoms with Crippen molar-refractivity contribution < 1.29 is 10.2 Å². The molecule has 4 N–H and O–H groups in total. The normalized spacial score (nSPS) is 12.4. The lowest BCUT2D eigenvalue weighted by Crippen LogP contribution is -2.19. The van der Waals surface area contributed by atoms with E-state index in [0.717, 1.165) is 27.8 Å². The first-order chi connectivity index (χ1) is 11.3. The molecule has 2 aromatic rings. The van der Waals surface area contributed by atoms with Gasteiger partial charge in [0, 0.05) is 23.2 Å². The van der Waals surface area contributed by atoms with Crippen LogP contribution >= 0.6 is 0 Å². The second-order valence-corrected chi connectivity index (χ2v) is 9.03. The highest BCUT2D eigenvalue weighted by Crippen LogP contribution is 2.45. The van der Waals surface area contributed by atoms with Gasteiger partial charge in [-0.1, -0.05) is 65.3 Å². The minimum atomic E-state index is -0.261. The molecule has 3 nitrogen and oxygen atoms in total. The zero-order chi connectivity index (χ0) is 19.2. The number of benzene rings is 2. The highest BCUT2D eigenvalue weighted by Gasteiger charge is 2.29. The van der Waals surface area contributed by atoms with Crippen molar-refractivity contribution in [1.82, 2.24) is 0 Å². The molecular weight excluding hydrogens is 310 g/mol. The number of phenolic OH excluding ortho intramolecular Hbond substituents is 2. The van der Waals surface area contributed by atoms with Gasteiger partial charge in [0.15, 0.2) is 11.5 Å². The van der Waals surface area contributed by atoms with Crippen molar-refractivity contribution in [3.63, 3.8) is 0 Å². The van der Waals surface area contributed by atoms with Gasteiger partial charge in [-0.3, -0.25) is 0 Å². The summed E-state index contributed by atoms with van der Waals surface area (Å²) in [6.45, 7) is 14.5. The van der Waals surface area contributed by atoms with E-state index in [1.807, 2.05) is 52.0 Å². The fraction of sp³-hybridized carbons (Fsp3) is 0.455. The average Bonchev–Trinajstić information content (AvgIpc) is 2.45. The number of aromatic hydroxyl groups is 2. The molecule has 0 aliphatic heterocycles. The molecule has 0 aromatic heterocycles. The lowest BCUT2D eigenvalue weighted by atomic mass is 9.76. The quantitative estimate of drug-likeness (QED) is 0.521. The van der Waals surface area contributed by atoms with Crippen LogP contribution in [0.1, 0.15) is 69.4 Å². The molecule has 0 aliphatic carbocycles. The maximum atomic E-state index is 10.8. The third-order valence-electron chi connectivity index (χ3n) is 4.66. The van der Waals surface area contributed by atoms with E-state index in [4.69, 9.17) is 5.73 Å².